The summed E-state index contributed by atoms with van der Waals surface area (Å²) in [5, 5.41) is 10.5. The predicted octanol–water partition coefficient (Wildman–Crippen LogP) is 1.49. The van der Waals surface area contributed by atoms with Gasteiger partial charge < -0.3 is 15.1 Å². The van der Waals surface area contributed by atoms with Crippen LogP contribution in [0.4, 0.5) is 4.79 Å². The highest BCUT2D eigenvalue weighted by Crippen LogP contribution is 2.15. The molecule has 0 saturated heterocycles. The van der Waals surface area contributed by atoms with Crippen LogP contribution in [0.5, 0.6) is 0 Å². The summed E-state index contributed by atoms with van der Waals surface area (Å²) < 4.78 is 27.3. The first-order valence-electron chi connectivity index (χ1n) is 6.54. The van der Waals surface area contributed by atoms with Gasteiger partial charge in [-0.1, -0.05) is 12.1 Å². The number of furan rings is 1. The average Bonchev–Trinajstić information content (AvgIpc) is 2.97. The summed E-state index contributed by atoms with van der Waals surface area (Å²) in [5.74, 6) is 0. The molecule has 0 aliphatic heterocycles. The van der Waals surface area contributed by atoms with Crippen molar-refractivity contribution in [3.05, 3.63) is 54.0 Å². The van der Waals surface area contributed by atoms with E-state index in [0.717, 1.165) is 11.1 Å². The maximum atomic E-state index is 11.8. The number of carbonyl (C=O) groups is 1. The zero-order valence-corrected chi connectivity index (χ0v) is 12.8. The molecule has 8 heteroatoms. The van der Waals surface area contributed by atoms with Crippen LogP contribution in [-0.4, -0.2) is 14.4 Å². The van der Waals surface area contributed by atoms with E-state index in [1.54, 1.807) is 31.4 Å². The fourth-order valence-corrected chi connectivity index (χ4v) is 2.37. The molecule has 0 spiro atoms. The van der Waals surface area contributed by atoms with E-state index in [0.29, 0.717) is 6.54 Å². The number of benzene rings is 1. The Labute approximate surface area is 128 Å². The molecule has 1 aromatic carbocycles. The number of hydrogen-bond acceptors (Lipinski definition) is 4. The van der Waals surface area contributed by atoms with Crippen molar-refractivity contribution in [3.63, 3.8) is 0 Å². The lowest BCUT2D eigenvalue weighted by Crippen LogP contribution is -2.36. The molecule has 2 aromatic rings. The molecular formula is C14H17N3O4S. The summed E-state index contributed by atoms with van der Waals surface area (Å²) in [6, 6.07) is 7.19. The Bertz CT molecular complexity index is 724. The van der Waals surface area contributed by atoms with Crippen LogP contribution < -0.4 is 15.8 Å². The van der Waals surface area contributed by atoms with E-state index in [2.05, 4.69) is 10.6 Å². The van der Waals surface area contributed by atoms with E-state index in [4.69, 9.17) is 9.56 Å². The molecule has 2 rings (SSSR count). The van der Waals surface area contributed by atoms with Gasteiger partial charge in [0.2, 0.25) is 10.0 Å². The third-order valence-corrected chi connectivity index (χ3v) is 4.02. The molecule has 1 atom stereocenters. The van der Waals surface area contributed by atoms with E-state index >= 15 is 0 Å². The zero-order valence-electron chi connectivity index (χ0n) is 11.9. The number of nitrogens with two attached hydrogens (primary N) is 1. The van der Waals surface area contributed by atoms with Crippen molar-refractivity contribution in [1.82, 2.24) is 10.6 Å². The Morgan fingerprint density at radius 1 is 1.27 bits per heavy atom. The third-order valence-electron chi connectivity index (χ3n) is 3.09. The van der Waals surface area contributed by atoms with Crippen molar-refractivity contribution >= 4 is 16.1 Å². The Morgan fingerprint density at radius 2 is 1.95 bits per heavy atom. The fourth-order valence-electron chi connectivity index (χ4n) is 1.85. The monoisotopic (exact) mass is 323 g/mol. The minimum atomic E-state index is -3.71. The van der Waals surface area contributed by atoms with Crippen molar-refractivity contribution in [2.75, 3.05) is 0 Å². The van der Waals surface area contributed by atoms with Crippen LogP contribution in [0.25, 0.3) is 0 Å². The molecule has 22 heavy (non-hydrogen) atoms. The van der Waals surface area contributed by atoms with Gasteiger partial charge >= 0.3 is 6.03 Å². The Balaban J connectivity index is 1.91. The average molecular weight is 323 g/mol. The number of amides is 2. The third kappa shape index (κ3) is 4.34. The number of sulfonamides is 1. The molecule has 2 amide bonds. The molecule has 118 valence electrons. The topological polar surface area (TPSA) is 114 Å². The molecule has 0 unspecified atom stereocenters. The molecule has 0 fully saturated rings. The summed E-state index contributed by atoms with van der Waals surface area (Å²) >= 11 is 0. The number of urea groups is 1. The van der Waals surface area contributed by atoms with Crippen LogP contribution in [0.2, 0.25) is 0 Å². The molecule has 1 aromatic heterocycles. The zero-order chi connectivity index (χ0) is 16.2. The summed E-state index contributed by atoms with van der Waals surface area (Å²) in [6.45, 7) is 2.16. The Hall–Kier alpha value is -2.32. The smallest absolute Gasteiger partial charge is 0.315 e. The second kappa shape index (κ2) is 6.63. The van der Waals surface area contributed by atoms with Crippen LogP contribution in [0.1, 0.15) is 24.1 Å². The first kappa shape index (κ1) is 16.1. The Morgan fingerprint density at radius 3 is 2.50 bits per heavy atom. The Kier molecular flexibility index (Phi) is 4.84. The summed E-state index contributed by atoms with van der Waals surface area (Å²) in [6.07, 6.45) is 3.08. The van der Waals surface area contributed by atoms with Gasteiger partial charge in [-0.15, -0.1) is 0 Å². The van der Waals surface area contributed by atoms with E-state index in [1.807, 2.05) is 0 Å². The number of nitrogens with one attached hydrogen (secondary N) is 2. The standard InChI is InChI=1S/C14H17N3O4S/c1-10(12-2-4-13(5-3-12)22(15,19)20)17-14(18)16-8-11-6-7-21-9-11/h2-7,9-10H,8H2,1H3,(H2,15,19,20)(H2,16,17,18)/t10-/m0/s1. The van der Waals surface area contributed by atoms with Crippen molar-refractivity contribution < 1.29 is 17.6 Å². The van der Waals surface area contributed by atoms with Crippen molar-refractivity contribution in [2.24, 2.45) is 5.14 Å². The van der Waals surface area contributed by atoms with Crippen LogP contribution >= 0.6 is 0 Å². The van der Waals surface area contributed by atoms with Gasteiger partial charge in [0.25, 0.3) is 0 Å². The number of rotatable bonds is 5. The maximum absolute atomic E-state index is 11.8. The van der Waals surface area contributed by atoms with Gasteiger partial charge in [0.15, 0.2) is 0 Å². The van der Waals surface area contributed by atoms with Crippen molar-refractivity contribution in [2.45, 2.75) is 24.4 Å². The molecule has 0 aliphatic rings. The number of primary sulfonamides is 1. The summed E-state index contributed by atoms with van der Waals surface area (Å²) in [7, 11) is -3.71. The first-order valence-corrected chi connectivity index (χ1v) is 8.09. The van der Waals surface area contributed by atoms with Crippen LogP contribution in [0.15, 0.2) is 52.2 Å². The predicted molar refractivity (Wildman–Crippen MR) is 80.3 cm³/mol. The van der Waals surface area contributed by atoms with Gasteiger partial charge in [-0.3, -0.25) is 0 Å². The quantitative estimate of drug-likeness (QED) is 0.773. The van der Waals surface area contributed by atoms with Gasteiger partial charge in [-0.25, -0.2) is 18.4 Å². The van der Waals surface area contributed by atoms with Gasteiger partial charge in [0.1, 0.15) is 0 Å². The molecule has 4 N–H and O–H groups in total. The van der Waals surface area contributed by atoms with E-state index in [1.165, 1.54) is 18.4 Å². The maximum Gasteiger partial charge on any atom is 0.315 e. The van der Waals surface area contributed by atoms with Crippen LogP contribution in [0.3, 0.4) is 0 Å². The van der Waals surface area contributed by atoms with Gasteiger partial charge in [-0.05, 0) is 30.7 Å². The highest BCUT2D eigenvalue weighted by atomic mass is 32.2. The van der Waals surface area contributed by atoms with Gasteiger partial charge in [-0.2, -0.15) is 0 Å². The minimum absolute atomic E-state index is 0.0351. The number of carbonyl (C=O) groups excluding carboxylic acids is 1. The van der Waals surface area contributed by atoms with E-state index in [9.17, 15) is 13.2 Å². The van der Waals surface area contributed by atoms with Gasteiger partial charge in [0.05, 0.1) is 23.5 Å². The lowest BCUT2D eigenvalue weighted by molar-refractivity contribution is 0.237. The SMILES string of the molecule is C[C@H](NC(=O)NCc1ccoc1)c1ccc(S(N)(=O)=O)cc1. The lowest BCUT2D eigenvalue weighted by atomic mass is 10.1. The second-order valence-electron chi connectivity index (χ2n) is 4.79. The van der Waals surface area contributed by atoms with Crippen LogP contribution in [-0.2, 0) is 16.6 Å². The van der Waals surface area contributed by atoms with Gasteiger partial charge in [0, 0.05) is 12.1 Å². The number of hydrogen-bond donors (Lipinski definition) is 3. The van der Waals surface area contributed by atoms with Crippen LogP contribution in [0, 0.1) is 0 Å². The first-order chi connectivity index (χ1) is 10.4. The molecule has 0 aliphatic carbocycles. The molecule has 0 saturated carbocycles. The molecule has 0 radical (unpaired) electrons. The molecule has 1 heterocycles. The highest BCUT2D eigenvalue weighted by Gasteiger charge is 2.12. The summed E-state index contributed by atoms with van der Waals surface area (Å²) in [4.78, 5) is 11.8. The highest BCUT2D eigenvalue weighted by molar-refractivity contribution is 7.89. The second-order valence-corrected chi connectivity index (χ2v) is 6.36. The minimum Gasteiger partial charge on any atom is -0.472 e. The van der Waals surface area contributed by atoms with Crippen molar-refractivity contribution in [3.8, 4) is 0 Å². The fraction of sp³-hybridized carbons (Fsp3) is 0.214. The summed E-state index contributed by atoms with van der Waals surface area (Å²) in [5.41, 5.74) is 1.63. The van der Waals surface area contributed by atoms with E-state index in [-0.39, 0.29) is 17.0 Å². The van der Waals surface area contributed by atoms with E-state index < -0.39 is 10.0 Å². The largest absolute Gasteiger partial charge is 0.472 e. The molecular weight excluding hydrogens is 306 g/mol. The molecule has 7 nitrogen and oxygen atoms in total. The lowest BCUT2D eigenvalue weighted by Gasteiger charge is -2.15. The normalized spacial score (nSPS) is 12.6. The van der Waals surface area contributed by atoms with Crippen molar-refractivity contribution in [1.29, 1.82) is 0 Å². The molecule has 0 bridgehead atoms.